The highest BCUT2D eigenvalue weighted by atomic mass is 16.5. The number of nitrogens with zero attached hydrogens (tertiary/aromatic N) is 2. The van der Waals surface area contributed by atoms with Gasteiger partial charge in [-0.25, -0.2) is 0 Å². The van der Waals surface area contributed by atoms with E-state index in [0.29, 0.717) is 6.54 Å². The first-order valence-electron chi connectivity index (χ1n) is 4.88. The monoisotopic (exact) mass is 203 g/mol. The zero-order valence-corrected chi connectivity index (χ0v) is 8.60. The summed E-state index contributed by atoms with van der Waals surface area (Å²) in [5.74, 6) is 0.776. The second-order valence-electron chi connectivity index (χ2n) is 3.40. The molecule has 0 spiro atoms. The summed E-state index contributed by atoms with van der Waals surface area (Å²) in [6, 6.07) is 3.83. The Morgan fingerprint density at radius 3 is 3.00 bits per heavy atom. The fraction of sp³-hybridized carbons (Fsp3) is 0.273. The lowest BCUT2D eigenvalue weighted by Gasteiger charge is -2.03. The maximum Gasteiger partial charge on any atom is 0.167 e. The van der Waals surface area contributed by atoms with Crippen molar-refractivity contribution in [3.63, 3.8) is 0 Å². The fourth-order valence-electron chi connectivity index (χ4n) is 1.51. The minimum absolute atomic E-state index is 0.603. The van der Waals surface area contributed by atoms with E-state index in [2.05, 4.69) is 10.1 Å². The summed E-state index contributed by atoms with van der Waals surface area (Å²) in [6.45, 7) is 2.50. The number of aryl methyl sites for hydroxylation is 1. The molecule has 2 N–H and O–H groups in total. The predicted molar refractivity (Wildman–Crippen MR) is 57.2 cm³/mol. The maximum absolute atomic E-state index is 5.54. The molecule has 0 saturated carbocycles. The van der Waals surface area contributed by atoms with E-state index in [1.165, 1.54) is 0 Å². The minimum Gasteiger partial charge on any atom is -0.356 e. The van der Waals surface area contributed by atoms with E-state index < -0.39 is 0 Å². The average Bonchev–Trinajstić information content (AvgIpc) is 2.66. The summed E-state index contributed by atoms with van der Waals surface area (Å²) < 4.78 is 5.22. The molecule has 0 aliphatic carbocycles. The van der Waals surface area contributed by atoms with Gasteiger partial charge in [0.1, 0.15) is 0 Å². The minimum atomic E-state index is 0.603. The van der Waals surface area contributed by atoms with Crippen LogP contribution in [0.5, 0.6) is 0 Å². The van der Waals surface area contributed by atoms with Crippen molar-refractivity contribution >= 4 is 0 Å². The maximum atomic E-state index is 5.54. The lowest BCUT2D eigenvalue weighted by Crippen LogP contribution is -2.04. The lowest BCUT2D eigenvalue weighted by molar-refractivity contribution is 0.426. The van der Waals surface area contributed by atoms with E-state index in [-0.39, 0.29) is 0 Å². The molecule has 0 saturated heterocycles. The topological polar surface area (TPSA) is 64.9 Å². The van der Waals surface area contributed by atoms with Gasteiger partial charge in [0.25, 0.3) is 0 Å². The molecule has 4 heteroatoms. The first-order chi connectivity index (χ1) is 7.31. The van der Waals surface area contributed by atoms with E-state index in [1.807, 2.05) is 25.3 Å². The Kier molecular flexibility index (Phi) is 2.78. The zero-order valence-electron chi connectivity index (χ0n) is 8.60. The second-order valence-corrected chi connectivity index (χ2v) is 3.40. The zero-order chi connectivity index (χ0) is 10.7. The molecule has 78 valence electrons. The Labute approximate surface area is 88.1 Å². The molecular formula is C11H13N3O. The molecule has 15 heavy (non-hydrogen) atoms. The van der Waals surface area contributed by atoms with Gasteiger partial charge >= 0.3 is 0 Å². The van der Waals surface area contributed by atoms with Gasteiger partial charge in [0.15, 0.2) is 5.76 Å². The van der Waals surface area contributed by atoms with E-state index in [1.54, 1.807) is 6.20 Å². The van der Waals surface area contributed by atoms with Crippen molar-refractivity contribution in [2.24, 2.45) is 5.73 Å². The molecule has 0 aromatic carbocycles. The highest BCUT2D eigenvalue weighted by Gasteiger charge is 2.08. The van der Waals surface area contributed by atoms with Crippen molar-refractivity contribution < 1.29 is 4.52 Å². The standard InChI is InChI=1S/C11H13N3O/c1-8-6-11(15-14-8)10-3-5-13-7-9(10)2-4-12/h3,5-7H,2,4,12H2,1H3. The fourth-order valence-corrected chi connectivity index (χ4v) is 1.51. The van der Waals surface area contributed by atoms with Gasteiger partial charge in [0.2, 0.25) is 0 Å². The number of hydrogen-bond donors (Lipinski definition) is 1. The van der Waals surface area contributed by atoms with Crippen molar-refractivity contribution in [2.45, 2.75) is 13.3 Å². The summed E-state index contributed by atoms with van der Waals surface area (Å²) in [4.78, 5) is 4.08. The van der Waals surface area contributed by atoms with Crippen molar-refractivity contribution in [2.75, 3.05) is 6.54 Å². The molecule has 0 aliphatic rings. The van der Waals surface area contributed by atoms with Gasteiger partial charge < -0.3 is 10.3 Å². The van der Waals surface area contributed by atoms with Crippen molar-refractivity contribution in [1.29, 1.82) is 0 Å². The van der Waals surface area contributed by atoms with Gasteiger partial charge in [0.05, 0.1) is 5.69 Å². The first kappa shape index (κ1) is 9.86. The summed E-state index contributed by atoms with van der Waals surface area (Å²) in [5.41, 5.74) is 8.53. The van der Waals surface area contributed by atoms with E-state index in [0.717, 1.165) is 29.0 Å². The molecule has 0 unspecified atom stereocenters. The molecular weight excluding hydrogens is 190 g/mol. The summed E-state index contributed by atoms with van der Waals surface area (Å²) in [5, 5.41) is 3.87. The third kappa shape index (κ3) is 2.05. The molecule has 0 fully saturated rings. The molecule has 2 heterocycles. The Morgan fingerprint density at radius 1 is 1.47 bits per heavy atom. The normalized spacial score (nSPS) is 10.5. The van der Waals surface area contributed by atoms with Crippen LogP contribution in [0.15, 0.2) is 29.0 Å². The first-order valence-corrected chi connectivity index (χ1v) is 4.88. The number of aromatic nitrogens is 2. The Morgan fingerprint density at radius 2 is 2.33 bits per heavy atom. The van der Waals surface area contributed by atoms with Crippen molar-refractivity contribution in [3.8, 4) is 11.3 Å². The highest BCUT2D eigenvalue weighted by Crippen LogP contribution is 2.23. The van der Waals surface area contributed by atoms with Crippen LogP contribution in [0, 0.1) is 6.92 Å². The van der Waals surface area contributed by atoms with E-state index in [9.17, 15) is 0 Å². The molecule has 4 nitrogen and oxygen atoms in total. The predicted octanol–water partition coefficient (Wildman–Crippen LogP) is 1.55. The molecule has 0 amide bonds. The molecule has 2 aromatic heterocycles. The van der Waals surface area contributed by atoms with Crippen LogP contribution >= 0.6 is 0 Å². The SMILES string of the molecule is Cc1cc(-c2ccncc2CCN)on1. The van der Waals surface area contributed by atoms with Crippen molar-refractivity contribution in [1.82, 2.24) is 10.1 Å². The van der Waals surface area contributed by atoms with Gasteiger partial charge in [0, 0.05) is 24.0 Å². The number of pyridine rings is 1. The van der Waals surface area contributed by atoms with Crippen LogP contribution in [0.4, 0.5) is 0 Å². The van der Waals surface area contributed by atoms with Crippen LogP contribution in [-0.4, -0.2) is 16.7 Å². The molecule has 0 radical (unpaired) electrons. The third-order valence-corrected chi connectivity index (χ3v) is 2.21. The molecule has 2 aromatic rings. The van der Waals surface area contributed by atoms with Gasteiger partial charge in [-0.2, -0.15) is 0 Å². The summed E-state index contributed by atoms with van der Waals surface area (Å²) in [7, 11) is 0. The van der Waals surface area contributed by atoms with Crippen LogP contribution in [-0.2, 0) is 6.42 Å². The van der Waals surface area contributed by atoms with E-state index in [4.69, 9.17) is 10.3 Å². The van der Waals surface area contributed by atoms with Crippen LogP contribution < -0.4 is 5.73 Å². The summed E-state index contributed by atoms with van der Waals surface area (Å²) in [6.07, 6.45) is 4.36. The quantitative estimate of drug-likeness (QED) is 0.821. The Balaban J connectivity index is 2.42. The Hall–Kier alpha value is -1.68. The van der Waals surface area contributed by atoms with Gasteiger partial charge in [-0.15, -0.1) is 0 Å². The highest BCUT2D eigenvalue weighted by molar-refractivity contribution is 5.61. The smallest absolute Gasteiger partial charge is 0.167 e. The number of rotatable bonds is 3. The molecule has 0 aliphatic heterocycles. The Bertz CT molecular complexity index is 451. The van der Waals surface area contributed by atoms with E-state index >= 15 is 0 Å². The van der Waals surface area contributed by atoms with Crippen LogP contribution in [0.25, 0.3) is 11.3 Å². The molecule has 0 atom stereocenters. The third-order valence-electron chi connectivity index (χ3n) is 2.21. The summed E-state index contributed by atoms with van der Waals surface area (Å²) >= 11 is 0. The number of hydrogen-bond acceptors (Lipinski definition) is 4. The van der Waals surface area contributed by atoms with Crippen LogP contribution in [0.3, 0.4) is 0 Å². The van der Waals surface area contributed by atoms with Crippen molar-refractivity contribution in [3.05, 3.63) is 35.8 Å². The molecule has 0 bridgehead atoms. The second kappa shape index (κ2) is 4.23. The van der Waals surface area contributed by atoms with Gasteiger partial charge in [-0.3, -0.25) is 4.98 Å². The largest absolute Gasteiger partial charge is 0.356 e. The average molecular weight is 203 g/mol. The lowest BCUT2D eigenvalue weighted by atomic mass is 10.1. The molecule has 2 rings (SSSR count). The van der Waals surface area contributed by atoms with Gasteiger partial charge in [-0.05, 0) is 31.5 Å². The van der Waals surface area contributed by atoms with Gasteiger partial charge in [-0.1, -0.05) is 5.16 Å². The van der Waals surface area contributed by atoms with Crippen LogP contribution in [0.2, 0.25) is 0 Å². The van der Waals surface area contributed by atoms with Crippen LogP contribution in [0.1, 0.15) is 11.3 Å². The number of nitrogens with two attached hydrogens (primary N) is 1.